The van der Waals surface area contributed by atoms with Gasteiger partial charge in [0.05, 0.1) is 12.1 Å². The van der Waals surface area contributed by atoms with Crippen molar-refractivity contribution in [3.63, 3.8) is 0 Å². The van der Waals surface area contributed by atoms with E-state index in [-0.39, 0.29) is 6.04 Å². The van der Waals surface area contributed by atoms with Crippen LogP contribution in [0.1, 0.15) is 35.6 Å². The lowest BCUT2D eigenvalue weighted by molar-refractivity contribution is 0.303. The van der Waals surface area contributed by atoms with Gasteiger partial charge in [-0.05, 0) is 54.7 Å². The summed E-state index contributed by atoms with van der Waals surface area (Å²) in [7, 11) is 0. The number of nitrogens with two attached hydrogens (primary N) is 1. The highest BCUT2D eigenvalue weighted by Crippen LogP contribution is 2.30. The third kappa shape index (κ3) is 2.97. The van der Waals surface area contributed by atoms with E-state index in [4.69, 9.17) is 22.1 Å². The highest BCUT2D eigenvalue weighted by atomic mass is 35.5. The first kappa shape index (κ1) is 13.5. The van der Waals surface area contributed by atoms with E-state index < -0.39 is 0 Å². The van der Waals surface area contributed by atoms with E-state index in [9.17, 15) is 0 Å². The molecule has 1 aliphatic rings. The molecule has 20 heavy (non-hydrogen) atoms. The Bertz CT molecular complexity index is 622. The van der Waals surface area contributed by atoms with Crippen molar-refractivity contribution in [3.8, 4) is 5.75 Å². The first-order valence-corrected chi connectivity index (χ1v) is 7.29. The van der Waals surface area contributed by atoms with E-state index in [1.807, 2.05) is 49.4 Å². The summed E-state index contributed by atoms with van der Waals surface area (Å²) in [6.07, 6.45) is 2.72. The maximum Gasteiger partial charge on any atom is 0.120 e. The molecule has 0 spiro atoms. The quantitative estimate of drug-likeness (QED) is 0.913. The van der Waals surface area contributed by atoms with Gasteiger partial charge in [0.2, 0.25) is 0 Å². The monoisotopic (exact) mass is 287 g/mol. The minimum Gasteiger partial charge on any atom is -0.490 e. The average molecular weight is 288 g/mol. The van der Waals surface area contributed by atoms with Crippen molar-refractivity contribution in [2.75, 3.05) is 0 Å². The van der Waals surface area contributed by atoms with Gasteiger partial charge in [-0.2, -0.15) is 0 Å². The first-order valence-electron chi connectivity index (χ1n) is 6.92. The second kappa shape index (κ2) is 5.47. The average Bonchev–Trinajstić information content (AvgIpc) is 3.25. The summed E-state index contributed by atoms with van der Waals surface area (Å²) in [6, 6.07) is 13.8. The Kier molecular flexibility index (Phi) is 3.68. The Labute approximate surface area is 124 Å². The minimum atomic E-state index is -0.159. The summed E-state index contributed by atoms with van der Waals surface area (Å²) in [6.45, 7) is 1.99. The third-order valence-corrected chi connectivity index (χ3v) is 4.01. The molecule has 0 heterocycles. The molecule has 2 aromatic carbocycles. The van der Waals surface area contributed by atoms with Gasteiger partial charge in [0.25, 0.3) is 0 Å². The SMILES string of the molecule is Cc1cc(C(N)c2cccc(OC3CC3)c2)ccc1Cl. The lowest BCUT2D eigenvalue weighted by atomic mass is 9.98. The second-order valence-corrected chi connectivity index (χ2v) is 5.78. The van der Waals surface area contributed by atoms with Gasteiger partial charge in [-0.1, -0.05) is 35.9 Å². The van der Waals surface area contributed by atoms with Crippen molar-refractivity contribution in [2.45, 2.75) is 31.9 Å². The molecule has 1 unspecified atom stereocenters. The van der Waals surface area contributed by atoms with Crippen LogP contribution in [-0.2, 0) is 0 Å². The largest absolute Gasteiger partial charge is 0.490 e. The molecule has 0 radical (unpaired) electrons. The molecule has 1 saturated carbocycles. The van der Waals surface area contributed by atoms with E-state index in [2.05, 4.69) is 0 Å². The predicted molar refractivity (Wildman–Crippen MR) is 82.3 cm³/mol. The molecule has 0 amide bonds. The number of ether oxygens (including phenoxy) is 1. The number of rotatable bonds is 4. The lowest BCUT2D eigenvalue weighted by Gasteiger charge is -2.15. The van der Waals surface area contributed by atoms with Crippen molar-refractivity contribution >= 4 is 11.6 Å². The van der Waals surface area contributed by atoms with E-state index in [0.717, 1.165) is 40.3 Å². The molecule has 0 bridgehead atoms. The van der Waals surface area contributed by atoms with Crippen LogP contribution in [0.3, 0.4) is 0 Å². The van der Waals surface area contributed by atoms with Crippen molar-refractivity contribution in [1.29, 1.82) is 0 Å². The van der Waals surface area contributed by atoms with Crippen LogP contribution in [0.5, 0.6) is 5.75 Å². The first-order chi connectivity index (χ1) is 9.63. The van der Waals surface area contributed by atoms with Gasteiger partial charge >= 0.3 is 0 Å². The maximum absolute atomic E-state index is 6.35. The molecule has 0 aromatic heterocycles. The Hall–Kier alpha value is -1.51. The van der Waals surface area contributed by atoms with Gasteiger partial charge in [0.1, 0.15) is 5.75 Å². The van der Waals surface area contributed by atoms with Crippen molar-refractivity contribution < 1.29 is 4.74 Å². The molecule has 3 heteroatoms. The topological polar surface area (TPSA) is 35.2 Å². The molecule has 0 aliphatic heterocycles. The molecule has 3 rings (SSSR count). The van der Waals surface area contributed by atoms with E-state index in [0.29, 0.717) is 6.10 Å². The van der Waals surface area contributed by atoms with Crippen LogP contribution >= 0.6 is 11.6 Å². The minimum absolute atomic E-state index is 0.159. The Morgan fingerprint density at radius 3 is 2.60 bits per heavy atom. The van der Waals surface area contributed by atoms with E-state index >= 15 is 0 Å². The fourth-order valence-corrected chi connectivity index (χ4v) is 2.33. The fourth-order valence-electron chi connectivity index (χ4n) is 2.21. The second-order valence-electron chi connectivity index (χ2n) is 5.38. The zero-order valence-electron chi connectivity index (χ0n) is 11.5. The zero-order chi connectivity index (χ0) is 14.1. The van der Waals surface area contributed by atoms with Crippen LogP contribution in [0.25, 0.3) is 0 Å². The molecule has 1 atom stereocenters. The van der Waals surface area contributed by atoms with Crippen LogP contribution < -0.4 is 10.5 Å². The Morgan fingerprint density at radius 2 is 1.90 bits per heavy atom. The van der Waals surface area contributed by atoms with Crippen LogP contribution in [0.15, 0.2) is 42.5 Å². The molecular formula is C17H18ClNO. The summed E-state index contributed by atoms with van der Waals surface area (Å²) in [5.41, 5.74) is 9.52. The summed E-state index contributed by atoms with van der Waals surface area (Å²) in [5.74, 6) is 0.908. The van der Waals surface area contributed by atoms with Crippen LogP contribution in [0.4, 0.5) is 0 Å². The highest BCUT2D eigenvalue weighted by molar-refractivity contribution is 6.31. The van der Waals surface area contributed by atoms with Crippen molar-refractivity contribution in [1.82, 2.24) is 0 Å². The normalized spacial score (nSPS) is 15.9. The maximum atomic E-state index is 6.35. The van der Waals surface area contributed by atoms with Gasteiger partial charge in [-0.25, -0.2) is 0 Å². The van der Waals surface area contributed by atoms with Gasteiger partial charge in [-0.15, -0.1) is 0 Å². The number of aryl methyl sites for hydroxylation is 1. The van der Waals surface area contributed by atoms with E-state index in [1.165, 1.54) is 0 Å². The molecule has 1 aliphatic carbocycles. The standard InChI is InChI=1S/C17H18ClNO/c1-11-9-13(5-8-16(11)18)17(19)12-3-2-4-15(10-12)20-14-6-7-14/h2-5,8-10,14,17H,6-7,19H2,1H3. The van der Waals surface area contributed by atoms with Crippen LogP contribution in [-0.4, -0.2) is 6.10 Å². The number of hydrogen-bond acceptors (Lipinski definition) is 2. The summed E-state index contributed by atoms with van der Waals surface area (Å²) in [5, 5.41) is 0.770. The number of halogens is 1. The van der Waals surface area contributed by atoms with Crippen molar-refractivity contribution in [2.24, 2.45) is 5.73 Å². The smallest absolute Gasteiger partial charge is 0.120 e. The molecule has 104 valence electrons. The molecule has 2 nitrogen and oxygen atoms in total. The third-order valence-electron chi connectivity index (χ3n) is 3.59. The summed E-state index contributed by atoms with van der Waals surface area (Å²) < 4.78 is 5.82. The molecule has 2 N–H and O–H groups in total. The fraction of sp³-hybridized carbons (Fsp3) is 0.294. The predicted octanol–water partition coefficient (Wildman–Crippen LogP) is 4.24. The molecule has 1 fully saturated rings. The van der Waals surface area contributed by atoms with Gasteiger partial charge in [-0.3, -0.25) is 0 Å². The van der Waals surface area contributed by atoms with Gasteiger partial charge in [0, 0.05) is 5.02 Å². The molecule has 2 aromatic rings. The molecular weight excluding hydrogens is 270 g/mol. The summed E-state index contributed by atoms with van der Waals surface area (Å²) >= 11 is 6.06. The number of hydrogen-bond donors (Lipinski definition) is 1. The van der Waals surface area contributed by atoms with Gasteiger partial charge < -0.3 is 10.5 Å². The van der Waals surface area contributed by atoms with Crippen molar-refractivity contribution in [3.05, 3.63) is 64.2 Å². The highest BCUT2D eigenvalue weighted by Gasteiger charge is 2.23. The summed E-state index contributed by atoms with van der Waals surface area (Å²) in [4.78, 5) is 0. The van der Waals surface area contributed by atoms with Crippen LogP contribution in [0.2, 0.25) is 5.02 Å². The zero-order valence-corrected chi connectivity index (χ0v) is 12.2. The number of benzene rings is 2. The molecule has 0 saturated heterocycles. The van der Waals surface area contributed by atoms with Gasteiger partial charge in [0.15, 0.2) is 0 Å². The van der Waals surface area contributed by atoms with Crippen LogP contribution in [0, 0.1) is 6.92 Å². The Morgan fingerprint density at radius 1 is 1.15 bits per heavy atom. The Balaban J connectivity index is 1.84. The lowest BCUT2D eigenvalue weighted by Crippen LogP contribution is -2.12. The van der Waals surface area contributed by atoms with E-state index in [1.54, 1.807) is 0 Å².